The summed E-state index contributed by atoms with van der Waals surface area (Å²) in [7, 11) is 0. The highest BCUT2D eigenvalue weighted by atomic mass is 16.3. The van der Waals surface area contributed by atoms with Crippen LogP contribution in [0.3, 0.4) is 0 Å². The Labute approximate surface area is 110 Å². The number of H-pyrrole nitrogens is 1. The maximum Gasteiger partial charge on any atom is 0.238 e. The van der Waals surface area contributed by atoms with Gasteiger partial charge in [0.15, 0.2) is 0 Å². The van der Waals surface area contributed by atoms with Crippen LogP contribution in [0.4, 0.5) is 0 Å². The van der Waals surface area contributed by atoms with Crippen molar-refractivity contribution in [3.05, 3.63) is 41.9 Å². The van der Waals surface area contributed by atoms with Gasteiger partial charge >= 0.3 is 0 Å². The fourth-order valence-electron chi connectivity index (χ4n) is 2.28. The molecule has 0 spiro atoms. The van der Waals surface area contributed by atoms with Crippen molar-refractivity contribution < 1.29 is 9.21 Å². The highest BCUT2D eigenvalue weighted by molar-refractivity contribution is 5.82. The van der Waals surface area contributed by atoms with Crippen molar-refractivity contribution in [3.8, 4) is 0 Å². The van der Waals surface area contributed by atoms with E-state index in [1.165, 1.54) is 0 Å². The fraction of sp³-hybridized carbons (Fsp3) is 0.385. The first kappa shape index (κ1) is 12.0. The molecule has 3 heterocycles. The molecule has 1 unspecified atom stereocenters. The van der Waals surface area contributed by atoms with E-state index in [9.17, 15) is 4.79 Å². The van der Waals surface area contributed by atoms with Crippen molar-refractivity contribution in [2.24, 2.45) is 0 Å². The number of carbonyl (C=O) groups is 1. The van der Waals surface area contributed by atoms with Crippen LogP contribution in [0.1, 0.15) is 30.1 Å². The van der Waals surface area contributed by atoms with E-state index in [1.54, 1.807) is 12.6 Å². The van der Waals surface area contributed by atoms with E-state index in [-0.39, 0.29) is 18.0 Å². The third kappa shape index (κ3) is 2.39. The Hall–Kier alpha value is -2.08. The molecule has 19 heavy (non-hydrogen) atoms. The molecule has 2 aromatic heterocycles. The van der Waals surface area contributed by atoms with E-state index in [0.29, 0.717) is 13.0 Å². The van der Waals surface area contributed by atoms with Gasteiger partial charge in [0.2, 0.25) is 5.91 Å². The maximum atomic E-state index is 12.2. The zero-order valence-corrected chi connectivity index (χ0v) is 10.6. The molecule has 2 aromatic rings. The third-order valence-corrected chi connectivity index (χ3v) is 3.38. The number of fused-ring (bicyclic) bond motifs is 1. The Balaban J connectivity index is 1.63. The SMILES string of the molecule is C[C@@H](NC(=O)C1Cc2nc[nH]c2CN1)c1ccco1. The quantitative estimate of drug-likeness (QED) is 0.765. The first-order chi connectivity index (χ1) is 9.24. The number of aromatic amines is 1. The summed E-state index contributed by atoms with van der Waals surface area (Å²) in [6.45, 7) is 2.54. The average Bonchev–Trinajstić information content (AvgIpc) is 3.09. The minimum atomic E-state index is -0.242. The number of amides is 1. The minimum Gasteiger partial charge on any atom is -0.467 e. The van der Waals surface area contributed by atoms with E-state index in [2.05, 4.69) is 20.6 Å². The number of nitrogens with zero attached hydrogens (tertiary/aromatic N) is 1. The molecule has 0 bridgehead atoms. The van der Waals surface area contributed by atoms with Gasteiger partial charge in [-0.3, -0.25) is 10.1 Å². The molecule has 0 saturated carbocycles. The molecular weight excluding hydrogens is 244 g/mol. The summed E-state index contributed by atoms with van der Waals surface area (Å²) in [4.78, 5) is 19.5. The Bertz CT molecular complexity index is 561. The van der Waals surface area contributed by atoms with Crippen LogP contribution in [0.2, 0.25) is 0 Å². The molecule has 3 N–H and O–H groups in total. The van der Waals surface area contributed by atoms with Crippen molar-refractivity contribution >= 4 is 5.91 Å². The fourth-order valence-corrected chi connectivity index (χ4v) is 2.28. The lowest BCUT2D eigenvalue weighted by Crippen LogP contribution is -2.48. The summed E-state index contributed by atoms with van der Waals surface area (Å²) in [5.41, 5.74) is 2.02. The average molecular weight is 260 g/mol. The van der Waals surface area contributed by atoms with E-state index in [0.717, 1.165) is 17.1 Å². The van der Waals surface area contributed by atoms with Crippen molar-refractivity contribution in [1.82, 2.24) is 20.6 Å². The van der Waals surface area contributed by atoms with Crippen molar-refractivity contribution in [3.63, 3.8) is 0 Å². The summed E-state index contributed by atoms with van der Waals surface area (Å²) < 4.78 is 5.27. The Kier molecular flexibility index (Phi) is 3.08. The zero-order valence-electron chi connectivity index (χ0n) is 10.6. The molecular formula is C13H16N4O2. The van der Waals surface area contributed by atoms with E-state index < -0.39 is 0 Å². The topological polar surface area (TPSA) is 83.0 Å². The molecule has 3 rings (SSSR count). The van der Waals surface area contributed by atoms with Gasteiger partial charge in [-0.25, -0.2) is 4.98 Å². The van der Waals surface area contributed by atoms with Crippen LogP contribution >= 0.6 is 0 Å². The highest BCUT2D eigenvalue weighted by Crippen LogP contribution is 2.15. The lowest BCUT2D eigenvalue weighted by Gasteiger charge is -2.23. The summed E-state index contributed by atoms with van der Waals surface area (Å²) in [6, 6.07) is 3.29. The highest BCUT2D eigenvalue weighted by Gasteiger charge is 2.26. The third-order valence-electron chi connectivity index (χ3n) is 3.38. The first-order valence-electron chi connectivity index (χ1n) is 6.32. The van der Waals surface area contributed by atoms with Gasteiger partial charge in [0.1, 0.15) is 5.76 Å². The molecule has 0 fully saturated rings. The summed E-state index contributed by atoms with van der Waals surface area (Å²) in [5.74, 6) is 0.724. The molecule has 6 nitrogen and oxygen atoms in total. The van der Waals surface area contributed by atoms with Gasteiger partial charge in [0, 0.05) is 13.0 Å². The van der Waals surface area contributed by atoms with Crippen LogP contribution in [-0.2, 0) is 17.8 Å². The first-order valence-corrected chi connectivity index (χ1v) is 6.32. The summed E-state index contributed by atoms with van der Waals surface area (Å²) in [6.07, 6.45) is 3.88. The summed E-state index contributed by atoms with van der Waals surface area (Å²) >= 11 is 0. The van der Waals surface area contributed by atoms with Crippen molar-refractivity contribution in [2.45, 2.75) is 32.0 Å². The minimum absolute atomic E-state index is 0.0300. The molecule has 0 radical (unpaired) electrons. The lowest BCUT2D eigenvalue weighted by atomic mass is 10.0. The number of hydrogen-bond acceptors (Lipinski definition) is 4. The molecule has 100 valence electrons. The van der Waals surface area contributed by atoms with Gasteiger partial charge in [0.05, 0.1) is 36.1 Å². The van der Waals surface area contributed by atoms with Crippen LogP contribution in [0, 0.1) is 0 Å². The van der Waals surface area contributed by atoms with E-state index in [4.69, 9.17) is 4.42 Å². The molecule has 0 saturated heterocycles. The number of imidazole rings is 1. The van der Waals surface area contributed by atoms with Gasteiger partial charge in [-0.15, -0.1) is 0 Å². The van der Waals surface area contributed by atoms with Crippen molar-refractivity contribution in [1.29, 1.82) is 0 Å². The largest absolute Gasteiger partial charge is 0.467 e. The predicted octanol–water partition coefficient (Wildman–Crippen LogP) is 0.894. The molecule has 0 aliphatic carbocycles. The molecule has 1 aliphatic rings. The lowest BCUT2D eigenvalue weighted by molar-refractivity contribution is -0.124. The van der Waals surface area contributed by atoms with Gasteiger partial charge in [0.25, 0.3) is 0 Å². The van der Waals surface area contributed by atoms with Crippen LogP contribution in [0.25, 0.3) is 0 Å². The number of hydrogen-bond donors (Lipinski definition) is 3. The van der Waals surface area contributed by atoms with Crippen LogP contribution in [0.15, 0.2) is 29.1 Å². The maximum absolute atomic E-state index is 12.2. The Morgan fingerprint density at radius 1 is 1.63 bits per heavy atom. The monoisotopic (exact) mass is 260 g/mol. The number of furan rings is 1. The molecule has 2 atom stereocenters. The number of nitrogens with one attached hydrogen (secondary N) is 3. The van der Waals surface area contributed by atoms with Crippen molar-refractivity contribution in [2.75, 3.05) is 0 Å². The predicted molar refractivity (Wildman–Crippen MR) is 68.2 cm³/mol. The number of rotatable bonds is 3. The second-order valence-electron chi connectivity index (χ2n) is 4.71. The van der Waals surface area contributed by atoms with Gasteiger partial charge in [-0.2, -0.15) is 0 Å². The van der Waals surface area contributed by atoms with Crippen LogP contribution < -0.4 is 10.6 Å². The smallest absolute Gasteiger partial charge is 0.238 e. The van der Waals surface area contributed by atoms with Gasteiger partial charge < -0.3 is 14.7 Å². The standard InChI is InChI=1S/C13H16N4O2/c1-8(12-3-2-4-19-12)17-13(18)10-5-9-11(6-14-10)16-7-15-9/h2-4,7-8,10,14H,5-6H2,1H3,(H,15,16)(H,17,18)/t8-,10?/m1/s1. The zero-order chi connectivity index (χ0) is 13.2. The van der Waals surface area contributed by atoms with Crippen LogP contribution in [-0.4, -0.2) is 21.9 Å². The number of aromatic nitrogens is 2. The second kappa shape index (κ2) is 4.89. The molecule has 0 aromatic carbocycles. The molecule has 1 amide bonds. The molecule has 6 heteroatoms. The number of carbonyl (C=O) groups excluding carboxylic acids is 1. The van der Waals surface area contributed by atoms with Gasteiger partial charge in [-0.05, 0) is 19.1 Å². The normalized spacial score (nSPS) is 19.7. The van der Waals surface area contributed by atoms with E-state index in [1.807, 2.05) is 19.1 Å². The molecule has 1 aliphatic heterocycles. The van der Waals surface area contributed by atoms with Gasteiger partial charge in [-0.1, -0.05) is 0 Å². The Morgan fingerprint density at radius 2 is 2.53 bits per heavy atom. The second-order valence-corrected chi connectivity index (χ2v) is 4.71. The summed E-state index contributed by atoms with van der Waals surface area (Å²) in [5, 5.41) is 6.14. The van der Waals surface area contributed by atoms with Crippen LogP contribution in [0.5, 0.6) is 0 Å². The van der Waals surface area contributed by atoms with E-state index >= 15 is 0 Å². The Morgan fingerprint density at radius 3 is 3.32 bits per heavy atom.